The smallest absolute Gasteiger partial charge is 0.258 e. The molecule has 0 spiro atoms. The van der Waals surface area contributed by atoms with Crippen LogP contribution in [-0.2, 0) is 6.61 Å². The maximum atomic E-state index is 12.7. The molecule has 0 aliphatic heterocycles. The molecule has 0 bridgehead atoms. The highest BCUT2D eigenvalue weighted by Crippen LogP contribution is 2.29. The predicted molar refractivity (Wildman–Crippen MR) is 108 cm³/mol. The highest BCUT2D eigenvalue weighted by atomic mass is 16.5. The first-order valence-corrected chi connectivity index (χ1v) is 9.07. The quantitative estimate of drug-likeness (QED) is 0.571. The second-order valence-electron chi connectivity index (χ2n) is 6.03. The van der Waals surface area contributed by atoms with E-state index in [0.29, 0.717) is 36.8 Å². The van der Waals surface area contributed by atoms with E-state index < -0.39 is 0 Å². The van der Waals surface area contributed by atoms with E-state index in [1.165, 1.54) is 7.11 Å². The molecule has 3 rings (SSSR count). The van der Waals surface area contributed by atoms with E-state index in [1.54, 1.807) is 18.2 Å². The van der Waals surface area contributed by atoms with Crippen molar-refractivity contribution in [3.05, 3.63) is 90.0 Å². The molecule has 28 heavy (non-hydrogen) atoms. The number of benzene rings is 3. The maximum Gasteiger partial charge on any atom is 0.258 e. The van der Waals surface area contributed by atoms with Crippen molar-refractivity contribution in [2.24, 2.45) is 0 Å². The predicted octanol–water partition coefficient (Wildman–Crippen LogP) is 4.08. The van der Waals surface area contributed by atoms with E-state index in [0.717, 1.165) is 11.3 Å². The van der Waals surface area contributed by atoms with Gasteiger partial charge in [0.15, 0.2) is 0 Å². The highest BCUT2D eigenvalue weighted by molar-refractivity contribution is 5.99. The normalized spacial score (nSPS) is 10.2. The van der Waals surface area contributed by atoms with Crippen molar-refractivity contribution in [2.45, 2.75) is 6.61 Å². The fourth-order valence-corrected chi connectivity index (χ4v) is 2.70. The van der Waals surface area contributed by atoms with E-state index in [4.69, 9.17) is 14.2 Å². The average molecular weight is 377 g/mol. The van der Waals surface area contributed by atoms with Gasteiger partial charge in [0.1, 0.15) is 36.0 Å². The third-order valence-corrected chi connectivity index (χ3v) is 4.07. The molecule has 0 aliphatic rings. The summed E-state index contributed by atoms with van der Waals surface area (Å²) in [6, 6.07) is 24.6. The van der Waals surface area contributed by atoms with Gasteiger partial charge in [-0.15, -0.1) is 0 Å². The number of ether oxygens (including phenoxy) is 3. The van der Waals surface area contributed by atoms with Gasteiger partial charge in [-0.2, -0.15) is 0 Å². The highest BCUT2D eigenvalue weighted by Gasteiger charge is 2.18. The van der Waals surface area contributed by atoms with Gasteiger partial charge in [-0.1, -0.05) is 54.6 Å². The Morgan fingerprint density at radius 1 is 0.821 bits per heavy atom. The van der Waals surface area contributed by atoms with E-state index in [2.05, 4.69) is 5.32 Å². The molecule has 0 heterocycles. The lowest BCUT2D eigenvalue weighted by molar-refractivity contribution is 0.0939. The minimum atomic E-state index is -0.267. The van der Waals surface area contributed by atoms with Gasteiger partial charge in [-0.05, 0) is 29.8 Å². The molecule has 3 aromatic rings. The van der Waals surface area contributed by atoms with Crippen LogP contribution in [0, 0.1) is 0 Å². The fourth-order valence-electron chi connectivity index (χ4n) is 2.70. The zero-order valence-electron chi connectivity index (χ0n) is 15.8. The molecule has 144 valence electrons. The van der Waals surface area contributed by atoms with Crippen LogP contribution in [0.4, 0.5) is 0 Å². The Labute approximate surface area is 164 Å². The minimum Gasteiger partial charge on any atom is -0.496 e. The molecule has 0 aliphatic carbocycles. The Kier molecular flexibility index (Phi) is 6.90. The van der Waals surface area contributed by atoms with Crippen LogP contribution < -0.4 is 19.5 Å². The van der Waals surface area contributed by atoms with Crippen LogP contribution in [0.3, 0.4) is 0 Å². The first kappa shape index (κ1) is 19.3. The van der Waals surface area contributed by atoms with Crippen molar-refractivity contribution in [3.63, 3.8) is 0 Å². The second-order valence-corrected chi connectivity index (χ2v) is 6.03. The SMILES string of the molecule is COc1cccc(OCc2ccccc2)c1C(=O)NCCOc1ccccc1. The fraction of sp³-hybridized carbons (Fsp3) is 0.174. The van der Waals surface area contributed by atoms with Crippen molar-refractivity contribution in [3.8, 4) is 17.2 Å². The Morgan fingerprint density at radius 3 is 2.21 bits per heavy atom. The third-order valence-electron chi connectivity index (χ3n) is 4.07. The summed E-state index contributed by atoms with van der Waals surface area (Å²) in [7, 11) is 1.53. The Hall–Kier alpha value is -3.47. The molecule has 5 heteroatoms. The van der Waals surface area contributed by atoms with Crippen LogP contribution in [0.25, 0.3) is 0 Å². The molecule has 0 atom stereocenters. The van der Waals surface area contributed by atoms with Gasteiger partial charge in [0.2, 0.25) is 0 Å². The summed E-state index contributed by atoms with van der Waals surface area (Å²) in [4.78, 5) is 12.7. The van der Waals surface area contributed by atoms with E-state index in [1.807, 2.05) is 60.7 Å². The maximum absolute atomic E-state index is 12.7. The van der Waals surface area contributed by atoms with Crippen molar-refractivity contribution >= 4 is 5.91 Å². The summed E-state index contributed by atoms with van der Waals surface area (Å²) in [6.07, 6.45) is 0. The molecule has 1 N–H and O–H groups in total. The van der Waals surface area contributed by atoms with Crippen LogP contribution in [-0.4, -0.2) is 26.2 Å². The standard InChI is InChI=1S/C23H23NO4/c1-26-20-13-8-14-21(28-17-18-9-4-2-5-10-18)22(20)23(25)24-15-16-27-19-11-6-3-7-12-19/h2-14H,15-17H2,1H3,(H,24,25). The number of methoxy groups -OCH3 is 1. The number of hydrogen-bond donors (Lipinski definition) is 1. The molecular weight excluding hydrogens is 354 g/mol. The Morgan fingerprint density at radius 2 is 1.50 bits per heavy atom. The summed E-state index contributed by atoms with van der Waals surface area (Å²) >= 11 is 0. The van der Waals surface area contributed by atoms with Crippen LogP contribution in [0.1, 0.15) is 15.9 Å². The lowest BCUT2D eigenvalue weighted by Gasteiger charge is -2.15. The Bertz CT molecular complexity index is 882. The Balaban J connectivity index is 1.62. The van der Waals surface area contributed by atoms with Crippen molar-refractivity contribution in [1.29, 1.82) is 0 Å². The topological polar surface area (TPSA) is 56.8 Å². The summed E-state index contributed by atoms with van der Waals surface area (Å²) in [5.41, 5.74) is 1.40. The van der Waals surface area contributed by atoms with Crippen LogP contribution in [0.15, 0.2) is 78.9 Å². The van der Waals surface area contributed by atoms with Gasteiger partial charge in [0.25, 0.3) is 5.91 Å². The number of carbonyl (C=O) groups is 1. The number of amides is 1. The summed E-state index contributed by atoms with van der Waals surface area (Å²) < 4.78 is 16.9. The van der Waals surface area contributed by atoms with Gasteiger partial charge >= 0.3 is 0 Å². The number of para-hydroxylation sites is 1. The van der Waals surface area contributed by atoms with Gasteiger partial charge in [-0.3, -0.25) is 4.79 Å². The average Bonchev–Trinajstić information content (AvgIpc) is 2.76. The number of carbonyl (C=O) groups excluding carboxylic acids is 1. The number of nitrogens with one attached hydrogen (secondary N) is 1. The third kappa shape index (κ3) is 5.27. The molecule has 0 aromatic heterocycles. The molecule has 1 amide bonds. The monoisotopic (exact) mass is 377 g/mol. The largest absolute Gasteiger partial charge is 0.496 e. The van der Waals surface area contributed by atoms with Gasteiger partial charge in [0.05, 0.1) is 13.7 Å². The van der Waals surface area contributed by atoms with Crippen LogP contribution in [0.5, 0.6) is 17.2 Å². The van der Waals surface area contributed by atoms with Gasteiger partial charge in [-0.25, -0.2) is 0 Å². The van der Waals surface area contributed by atoms with Crippen molar-refractivity contribution in [2.75, 3.05) is 20.3 Å². The van der Waals surface area contributed by atoms with E-state index >= 15 is 0 Å². The van der Waals surface area contributed by atoms with Gasteiger partial charge < -0.3 is 19.5 Å². The zero-order chi connectivity index (χ0) is 19.6. The first-order valence-electron chi connectivity index (χ1n) is 9.07. The lowest BCUT2D eigenvalue weighted by atomic mass is 10.1. The molecular formula is C23H23NO4. The van der Waals surface area contributed by atoms with Gasteiger partial charge in [0, 0.05) is 0 Å². The minimum absolute atomic E-state index is 0.267. The molecule has 0 fully saturated rings. The van der Waals surface area contributed by atoms with Crippen molar-refractivity contribution < 1.29 is 19.0 Å². The summed E-state index contributed by atoms with van der Waals surface area (Å²) in [6.45, 7) is 1.10. The van der Waals surface area contributed by atoms with E-state index in [9.17, 15) is 4.79 Å². The number of rotatable bonds is 9. The summed E-state index contributed by atoms with van der Waals surface area (Å²) in [5, 5.41) is 2.86. The first-order chi connectivity index (χ1) is 13.8. The lowest BCUT2D eigenvalue weighted by Crippen LogP contribution is -2.29. The molecule has 0 saturated heterocycles. The molecule has 0 unspecified atom stereocenters. The zero-order valence-corrected chi connectivity index (χ0v) is 15.8. The van der Waals surface area contributed by atoms with Crippen molar-refractivity contribution in [1.82, 2.24) is 5.32 Å². The van der Waals surface area contributed by atoms with Crippen LogP contribution >= 0.6 is 0 Å². The molecule has 5 nitrogen and oxygen atoms in total. The molecule has 3 aromatic carbocycles. The summed E-state index contributed by atoms with van der Waals surface area (Å²) in [5.74, 6) is 1.44. The molecule has 0 saturated carbocycles. The van der Waals surface area contributed by atoms with Crippen LogP contribution in [0.2, 0.25) is 0 Å². The molecule has 0 radical (unpaired) electrons. The van der Waals surface area contributed by atoms with E-state index in [-0.39, 0.29) is 5.91 Å². The second kappa shape index (κ2) is 10.0. The number of hydrogen-bond acceptors (Lipinski definition) is 4.